The van der Waals surface area contributed by atoms with Gasteiger partial charge >= 0.3 is 0 Å². The minimum absolute atomic E-state index is 0.578. The molecule has 0 radical (unpaired) electrons. The smallest absolute Gasteiger partial charge is 0.145 e. The van der Waals surface area contributed by atoms with Gasteiger partial charge in [0.1, 0.15) is 5.82 Å². The Morgan fingerprint density at radius 3 is 2.67 bits per heavy atom. The number of hydrogen-bond donors (Lipinski definition) is 1. The van der Waals surface area contributed by atoms with Gasteiger partial charge in [-0.25, -0.2) is 0 Å². The van der Waals surface area contributed by atoms with Crippen LogP contribution in [0.25, 0.3) is 0 Å². The van der Waals surface area contributed by atoms with Crippen molar-refractivity contribution in [3.63, 3.8) is 0 Å². The fourth-order valence-electron chi connectivity index (χ4n) is 2.09. The Balaban J connectivity index is 2.04. The maximum atomic E-state index is 5.61. The normalized spacial score (nSPS) is 10.6. The summed E-state index contributed by atoms with van der Waals surface area (Å²) in [5.41, 5.74) is 8.20. The van der Waals surface area contributed by atoms with Gasteiger partial charge in [0, 0.05) is 25.0 Å². The SMILES string of the molecule is CCN(CCn1ccc(N)n1)c1ccccc1C. The summed E-state index contributed by atoms with van der Waals surface area (Å²) in [5, 5.41) is 4.20. The lowest BCUT2D eigenvalue weighted by Crippen LogP contribution is -2.27. The zero-order valence-electron chi connectivity index (χ0n) is 11.0. The fraction of sp³-hybridized carbons (Fsp3) is 0.357. The van der Waals surface area contributed by atoms with Crippen LogP contribution >= 0.6 is 0 Å². The lowest BCUT2D eigenvalue weighted by atomic mass is 10.2. The molecular weight excluding hydrogens is 224 g/mol. The molecule has 1 aromatic carbocycles. The first-order valence-corrected chi connectivity index (χ1v) is 6.30. The number of nitrogens with zero attached hydrogens (tertiary/aromatic N) is 3. The molecule has 0 aliphatic rings. The second kappa shape index (κ2) is 5.58. The van der Waals surface area contributed by atoms with E-state index in [9.17, 15) is 0 Å². The highest BCUT2D eigenvalue weighted by atomic mass is 15.3. The average molecular weight is 244 g/mol. The quantitative estimate of drug-likeness (QED) is 0.878. The second-order valence-corrected chi connectivity index (χ2v) is 4.37. The zero-order valence-corrected chi connectivity index (χ0v) is 11.0. The minimum Gasteiger partial charge on any atom is -0.382 e. The van der Waals surface area contributed by atoms with Gasteiger partial charge in [0.2, 0.25) is 0 Å². The summed E-state index contributed by atoms with van der Waals surface area (Å²) in [7, 11) is 0. The van der Waals surface area contributed by atoms with Gasteiger partial charge in [-0.15, -0.1) is 0 Å². The molecule has 2 aromatic rings. The molecule has 4 nitrogen and oxygen atoms in total. The molecule has 2 N–H and O–H groups in total. The summed E-state index contributed by atoms with van der Waals surface area (Å²) in [6, 6.07) is 10.3. The highest BCUT2D eigenvalue weighted by Gasteiger charge is 2.06. The van der Waals surface area contributed by atoms with Crippen LogP contribution in [0.1, 0.15) is 12.5 Å². The number of nitrogens with two attached hydrogens (primary N) is 1. The van der Waals surface area contributed by atoms with Gasteiger partial charge in [0.15, 0.2) is 0 Å². The van der Waals surface area contributed by atoms with Crippen LogP contribution in [0.2, 0.25) is 0 Å². The second-order valence-electron chi connectivity index (χ2n) is 4.37. The summed E-state index contributed by atoms with van der Waals surface area (Å²) in [4.78, 5) is 2.35. The molecule has 1 aromatic heterocycles. The van der Waals surface area contributed by atoms with Gasteiger partial charge in [-0.05, 0) is 31.5 Å². The Morgan fingerprint density at radius 1 is 1.28 bits per heavy atom. The number of nitrogen functional groups attached to an aromatic ring is 1. The van der Waals surface area contributed by atoms with E-state index in [1.165, 1.54) is 11.3 Å². The van der Waals surface area contributed by atoms with Gasteiger partial charge in [0.25, 0.3) is 0 Å². The summed E-state index contributed by atoms with van der Waals surface area (Å²) in [6.45, 7) is 7.08. The molecule has 0 aliphatic heterocycles. The third-order valence-corrected chi connectivity index (χ3v) is 3.10. The molecule has 4 heteroatoms. The van der Waals surface area contributed by atoms with Crippen LogP contribution in [0.3, 0.4) is 0 Å². The Hall–Kier alpha value is -1.97. The van der Waals surface area contributed by atoms with Gasteiger partial charge < -0.3 is 10.6 Å². The molecule has 96 valence electrons. The van der Waals surface area contributed by atoms with E-state index in [-0.39, 0.29) is 0 Å². The van der Waals surface area contributed by atoms with Gasteiger partial charge in [-0.1, -0.05) is 18.2 Å². The third-order valence-electron chi connectivity index (χ3n) is 3.10. The van der Waals surface area contributed by atoms with Crippen LogP contribution < -0.4 is 10.6 Å². The number of aryl methyl sites for hydroxylation is 1. The minimum atomic E-state index is 0.578. The van der Waals surface area contributed by atoms with Crippen LogP contribution in [0.5, 0.6) is 0 Å². The molecule has 18 heavy (non-hydrogen) atoms. The number of aromatic nitrogens is 2. The van der Waals surface area contributed by atoms with Crippen molar-refractivity contribution in [3.8, 4) is 0 Å². The van der Waals surface area contributed by atoms with Gasteiger partial charge in [-0.2, -0.15) is 5.10 Å². The largest absolute Gasteiger partial charge is 0.382 e. The third kappa shape index (κ3) is 2.83. The summed E-state index contributed by atoms with van der Waals surface area (Å²) in [5.74, 6) is 0.578. The van der Waals surface area contributed by atoms with E-state index >= 15 is 0 Å². The van der Waals surface area contributed by atoms with Crippen LogP contribution in [-0.2, 0) is 6.54 Å². The standard InChI is InChI=1S/C14H20N4/c1-3-17(13-7-5-4-6-12(13)2)10-11-18-9-8-14(15)16-18/h4-9H,3,10-11H2,1-2H3,(H2,15,16). The van der Waals surface area contributed by atoms with Crippen LogP contribution in [0.15, 0.2) is 36.5 Å². The molecule has 2 rings (SSSR count). The Morgan fingerprint density at radius 2 is 2.06 bits per heavy atom. The maximum Gasteiger partial charge on any atom is 0.145 e. The molecule has 0 bridgehead atoms. The lowest BCUT2D eigenvalue weighted by Gasteiger charge is -2.24. The molecule has 0 fully saturated rings. The molecule has 0 atom stereocenters. The van der Waals surface area contributed by atoms with E-state index in [1.807, 2.05) is 16.9 Å². The van der Waals surface area contributed by atoms with E-state index in [2.05, 4.69) is 48.1 Å². The van der Waals surface area contributed by atoms with Crippen molar-refractivity contribution in [3.05, 3.63) is 42.1 Å². The molecule has 0 saturated carbocycles. The number of rotatable bonds is 5. The van der Waals surface area contributed by atoms with Crippen LogP contribution in [-0.4, -0.2) is 22.9 Å². The predicted molar refractivity (Wildman–Crippen MR) is 75.7 cm³/mol. The topological polar surface area (TPSA) is 47.1 Å². The molecule has 0 saturated heterocycles. The highest BCUT2D eigenvalue weighted by Crippen LogP contribution is 2.18. The summed E-state index contributed by atoms with van der Waals surface area (Å²) in [6.07, 6.45) is 1.92. The number of benzene rings is 1. The van der Waals surface area contributed by atoms with Crippen molar-refractivity contribution in [2.45, 2.75) is 20.4 Å². The summed E-state index contributed by atoms with van der Waals surface area (Å²) >= 11 is 0. The van der Waals surface area contributed by atoms with Crippen molar-refractivity contribution < 1.29 is 0 Å². The molecule has 1 heterocycles. The van der Waals surface area contributed by atoms with E-state index in [4.69, 9.17) is 5.73 Å². The highest BCUT2D eigenvalue weighted by molar-refractivity contribution is 5.52. The summed E-state index contributed by atoms with van der Waals surface area (Å²) < 4.78 is 1.89. The first-order chi connectivity index (χ1) is 8.70. The number of likely N-dealkylation sites (N-methyl/N-ethyl adjacent to an activating group) is 1. The van der Waals surface area contributed by atoms with E-state index in [0.717, 1.165) is 19.6 Å². The maximum absolute atomic E-state index is 5.61. The van der Waals surface area contributed by atoms with Crippen molar-refractivity contribution in [1.29, 1.82) is 0 Å². The Kier molecular flexibility index (Phi) is 3.87. The van der Waals surface area contributed by atoms with Crippen molar-refractivity contribution in [2.24, 2.45) is 0 Å². The monoisotopic (exact) mass is 244 g/mol. The van der Waals surface area contributed by atoms with Crippen molar-refractivity contribution >= 4 is 11.5 Å². The number of para-hydroxylation sites is 1. The lowest BCUT2D eigenvalue weighted by molar-refractivity contribution is 0.602. The van der Waals surface area contributed by atoms with Gasteiger partial charge in [0.05, 0.1) is 6.54 Å². The van der Waals surface area contributed by atoms with Crippen molar-refractivity contribution in [1.82, 2.24) is 9.78 Å². The molecule has 0 aliphatic carbocycles. The Bertz CT molecular complexity index is 504. The number of hydrogen-bond acceptors (Lipinski definition) is 3. The van der Waals surface area contributed by atoms with Crippen LogP contribution in [0, 0.1) is 6.92 Å². The molecular formula is C14H20N4. The first kappa shape index (κ1) is 12.5. The predicted octanol–water partition coefficient (Wildman–Crippen LogP) is 2.30. The average Bonchev–Trinajstić information content (AvgIpc) is 2.78. The van der Waals surface area contributed by atoms with E-state index in [0.29, 0.717) is 5.82 Å². The number of anilines is 2. The zero-order chi connectivity index (χ0) is 13.0. The fourth-order valence-corrected chi connectivity index (χ4v) is 2.09. The first-order valence-electron chi connectivity index (χ1n) is 6.30. The molecule has 0 amide bonds. The van der Waals surface area contributed by atoms with E-state index in [1.54, 1.807) is 0 Å². The Labute approximate surface area is 108 Å². The van der Waals surface area contributed by atoms with Crippen LogP contribution in [0.4, 0.5) is 11.5 Å². The van der Waals surface area contributed by atoms with Crippen molar-refractivity contribution in [2.75, 3.05) is 23.7 Å². The van der Waals surface area contributed by atoms with Gasteiger partial charge in [-0.3, -0.25) is 4.68 Å². The molecule has 0 spiro atoms. The van der Waals surface area contributed by atoms with E-state index < -0.39 is 0 Å². The molecule has 0 unspecified atom stereocenters.